The zero-order valence-electron chi connectivity index (χ0n) is 17.1. The molecule has 5 rings (SSSR count). The van der Waals surface area contributed by atoms with Crippen LogP contribution in [0.4, 0.5) is 4.39 Å². The number of hydrogen-bond acceptors (Lipinski definition) is 6. The lowest BCUT2D eigenvalue weighted by Crippen LogP contribution is -2.43. The van der Waals surface area contributed by atoms with Gasteiger partial charge in [0.25, 0.3) is 0 Å². The first kappa shape index (κ1) is 18.8. The van der Waals surface area contributed by atoms with E-state index in [9.17, 15) is 4.79 Å². The predicted octanol–water partition coefficient (Wildman–Crippen LogP) is 4.15. The van der Waals surface area contributed by atoms with Gasteiger partial charge in [0.05, 0.1) is 31.3 Å². The van der Waals surface area contributed by atoms with E-state index in [-0.39, 0.29) is 23.7 Å². The Hall–Kier alpha value is -3.22. The van der Waals surface area contributed by atoms with Crippen molar-refractivity contribution in [2.75, 3.05) is 20.8 Å². The van der Waals surface area contributed by atoms with Crippen LogP contribution >= 0.6 is 0 Å². The third-order valence-corrected chi connectivity index (χ3v) is 5.68. The summed E-state index contributed by atoms with van der Waals surface area (Å²) in [7, 11) is 3.04. The van der Waals surface area contributed by atoms with Crippen LogP contribution in [0, 0.1) is 5.82 Å². The summed E-state index contributed by atoms with van der Waals surface area (Å²) >= 11 is 0. The van der Waals surface area contributed by atoms with E-state index >= 15 is 4.39 Å². The van der Waals surface area contributed by atoms with Gasteiger partial charge in [0.1, 0.15) is 41.4 Å². The molecule has 7 heteroatoms. The summed E-state index contributed by atoms with van der Waals surface area (Å²) in [5.41, 5.74) is 0.517. The second-order valence-corrected chi connectivity index (χ2v) is 8.07. The Morgan fingerprint density at radius 2 is 1.83 bits per heavy atom. The minimum absolute atomic E-state index is 0.0643. The summed E-state index contributed by atoms with van der Waals surface area (Å²) < 4.78 is 43.6. The number of methoxy groups -OCH3 is 2. The number of ketones is 1. The number of fused-ring (bicyclic) bond motifs is 6. The fourth-order valence-corrected chi connectivity index (χ4v) is 4.25. The van der Waals surface area contributed by atoms with Crippen molar-refractivity contribution in [3.05, 3.63) is 46.8 Å². The molecule has 0 spiro atoms. The lowest BCUT2D eigenvalue weighted by Gasteiger charge is -2.39. The number of halogens is 1. The first-order valence-corrected chi connectivity index (χ1v) is 9.67. The Bertz CT molecular complexity index is 1100. The van der Waals surface area contributed by atoms with E-state index in [1.54, 1.807) is 12.1 Å². The fourth-order valence-electron chi connectivity index (χ4n) is 4.25. The molecule has 2 aromatic rings. The van der Waals surface area contributed by atoms with Crippen LogP contribution in [0.3, 0.4) is 0 Å². The molecule has 0 fully saturated rings. The Morgan fingerprint density at radius 3 is 2.57 bits per heavy atom. The maximum atomic E-state index is 15.1. The van der Waals surface area contributed by atoms with E-state index in [0.29, 0.717) is 34.1 Å². The first-order chi connectivity index (χ1) is 14.3. The third kappa shape index (κ3) is 2.65. The SMILES string of the molecule is COc1cc2c(cc1OC)C1C(=O)c3c([18F])cc4c(c3OC1CO2)C=CC(C)(C)O4. The van der Waals surface area contributed by atoms with Crippen LogP contribution in [0.1, 0.15) is 41.3 Å². The average molecular weight is 411 g/mol. The van der Waals surface area contributed by atoms with Gasteiger partial charge in [0.15, 0.2) is 17.3 Å². The molecule has 2 unspecified atom stereocenters. The van der Waals surface area contributed by atoms with Crippen molar-refractivity contribution < 1.29 is 32.9 Å². The molecule has 0 aliphatic carbocycles. The van der Waals surface area contributed by atoms with E-state index < -0.39 is 23.4 Å². The largest absolute Gasteiger partial charge is 0.493 e. The van der Waals surface area contributed by atoms with Crippen LogP contribution in [-0.2, 0) is 0 Å². The molecule has 156 valence electrons. The Balaban J connectivity index is 1.65. The van der Waals surface area contributed by atoms with Gasteiger partial charge in [-0.3, -0.25) is 4.79 Å². The van der Waals surface area contributed by atoms with Crippen molar-refractivity contribution in [1.82, 2.24) is 0 Å². The number of carbonyl (C=O) groups is 1. The zero-order valence-corrected chi connectivity index (χ0v) is 17.1. The summed E-state index contributed by atoms with van der Waals surface area (Å²) in [6, 6.07) is 4.63. The third-order valence-electron chi connectivity index (χ3n) is 5.68. The predicted molar refractivity (Wildman–Crippen MR) is 107 cm³/mol. The van der Waals surface area contributed by atoms with E-state index in [1.807, 2.05) is 26.0 Å². The van der Waals surface area contributed by atoms with Gasteiger partial charge in [0.2, 0.25) is 0 Å². The number of ether oxygens (including phenoxy) is 5. The van der Waals surface area contributed by atoms with Crippen molar-refractivity contribution >= 4 is 11.9 Å². The van der Waals surface area contributed by atoms with Gasteiger partial charge in [-0.2, -0.15) is 0 Å². The number of Topliss-reactive ketones (excluding diaryl/α,β-unsaturated/α-hetero) is 1. The monoisotopic (exact) mass is 411 g/mol. The molecule has 3 aliphatic rings. The van der Waals surface area contributed by atoms with Gasteiger partial charge >= 0.3 is 0 Å². The number of rotatable bonds is 2. The molecule has 2 atom stereocenters. The van der Waals surface area contributed by atoms with Gasteiger partial charge in [-0.1, -0.05) is 0 Å². The van der Waals surface area contributed by atoms with Crippen LogP contribution in [0.5, 0.6) is 28.7 Å². The van der Waals surface area contributed by atoms with Gasteiger partial charge in [0, 0.05) is 17.7 Å². The molecule has 0 saturated carbocycles. The van der Waals surface area contributed by atoms with Crippen LogP contribution < -0.4 is 23.7 Å². The molecule has 0 radical (unpaired) electrons. The normalized spacial score (nSPS) is 22.4. The quantitative estimate of drug-likeness (QED) is 0.740. The molecule has 6 nitrogen and oxygen atoms in total. The smallest absolute Gasteiger partial charge is 0.181 e. The highest BCUT2D eigenvalue weighted by Crippen LogP contribution is 2.50. The summed E-state index contributed by atoms with van der Waals surface area (Å²) in [5.74, 6) is 0.289. The average Bonchev–Trinajstić information content (AvgIpc) is 2.71. The van der Waals surface area contributed by atoms with Crippen LogP contribution in [-0.4, -0.2) is 38.3 Å². The molecule has 3 heterocycles. The summed E-state index contributed by atoms with van der Waals surface area (Å²) in [4.78, 5) is 13.5. The maximum absolute atomic E-state index is 15.1. The molecule has 0 bridgehead atoms. The van der Waals surface area contributed by atoms with Crippen molar-refractivity contribution in [2.24, 2.45) is 0 Å². The molecule has 0 aromatic heterocycles. The molecule has 3 aliphatic heterocycles. The minimum Gasteiger partial charge on any atom is -0.493 e. The van der Waals surface area contributed by atoms with Crippen LogP contribution in [0.15, 0.2) is 24.3 Å². The number of benzene rings is 2. The number of hydrogen-bond donors (Lipinski definition) is 0. The Labute approximate surface area is 173 Å². The highest BCUT2D eigenvalue weighted by Gasteiger charge is 2.46. The van der Waals surface area contributed by atoms with Gasteiger partial charge < -0.3 is 23.7 Å². The summed E-state index contributed by atoms with van der Waals surface area (Å²) in [6.07, 6.45) is 3.08. The zero-order chi connectivity index (χ0) is 21.2. The van der Waals surface area contributed by atoms with E-state index in [1.165, 1.54) is 20.3 Å². The summed E-state index contributed by atoms with van der Waals surface area (Å²) in [5, 5.41) is 0. The second-order valence-electron chi connectivity index (χ2n) is 8.07. The molecular formula is C23H21FO6. The molecule has 0 amide bonds. The van der Waals surface area contributed by atoms with Crippen molar-refractivity contribution in [3.8, 4) is 28.7 Å². The molecule has 30 heavy (non-hydrogen) atoms. The standard InChI is InChI=1S/C23H21FO6/c1-23(2)6-5-11-15(30-23)8-13(24)20-21(25)19-12-7-16(26-3)17(27-4)9-14(12)28-10-18(19)29-22(11)20/h5-9,18-19H,10H2,1-4H3/i24-1. The maximum Gasteiger partial charge on any atom is 0.181 e. The molecule has 0 saturated heterocycles. The topological polar surface area (TPSA) is 63.2 Å². The lowest BCUT2D eigenvalue weighted by molar-refractivity contribution is 0.0544. The van der Waals surface area contributed by atoms with Crippen molar-refractivity contribution in [3.63, 3.8) is 0 Å². The minimum atomic E-state index is -0.710. The molecular weight excluding hydrogens is 390 g/mol. The van der Waals surface area contributed by atoms with Crippen molar-refractivity contribution in [1.29, 1.82) is 0 Å². The second kappa shape index (κ2) is 6.39. The molecule has 2 aromatic carbocycles. The van der Waals surface area contributed by atoms with E-state index in [0.717, 1.165) is 0 Å². The Kier molecular flexibility index (Phi) is 4.00. The van der Waals surface area contributed by atoms with E-state index in [2.05, 4.69) is 0 Å². The van der Waals surface area contributed by atoms with Gasteiger partial charge in [-0.05, 0) is 32.1 Å². The Morgan fingerprint density at radius 1 is 1.10 bits per heavy atom. The van der Waals surface area contributed by atoms with Crippen molar-refractivity contribution in [2.45, 2.75) is 31.5 Å². The molecule has 0 N–H and O–H groups in total. The van der Waals surface area contributed by atoms with Gasteiger partial charge in [-0.25, -0.2) is 4.39 Å². The van der Waals surface area contributed by atoms with E-state index in [4.69, 9.17) is 23.7 Å². The first-order valence-electron chi connectivity index (χ1n) is 9.67. The highest BCUT2D eigenvalue weighted by molar-refractivity contribution is 6.06. The highest BCUT2D eigenvalue weighted by atomic mass is 18.2. The van der Waals surface area contributed by atoms with Crippen LogP contribution in [0.2, 0.25) is 0 Å². The summed E-state index contributed by atoms with van der Waals surface area (Å²) in [6.45, 7) is 3.90. The van der Waals surface area contributed by atoms with Gasteiger partial charge in [-0.15, -0.1) is 0 Å². The van der Waals surface area contributed by atoms with Crippen LogP contribution in [0.25, 0.3) is 6.08 Å². The number of carbonyl (C=O) groups excluding carboxylic acids is 1. The lowest BCUT2D eigenvalue weighted by atomic mass is 9.80. The fraction of sp³-hybridized carbons (Fsp3) is 0.348.